The van der Waals surface area contributed by atoms with E-state index in [-0.39, 0.29) is 28.9 Å². The zero-order chi connectivity index (χ0) is 21.3. The molecule has 0 fully saturated rings. The van der Waals surface area contributed by atoms with Gasteiger partial charge in [0.15, 0.2) is 5.76 Å². The van der Waals surface area contributed by atoms with Crippen LogP contribution in [-0.2, 0) is 5.41 Å². The Morgan fingerprint density at radius 1 is 1.14 bits per heavy atom. The molecule has 0 aliphatic carbocycles. The van der Waals surface area contributed by atoms with Crippen LogP contribution < -0.4 is 5.32 Å². The number of halogens is 1. The van der Waals surface area contributed by atoms with Crippen LogP contribution in [-0.4, -0.2) is 31.4 Å². The molecule has 29 heavy (non-hydrogen) atoms. The highest BCUT2D eigenvalue weighted by Gasteiger charge is 2.21. The molecule has 0 spiro atoms. The molecular weight excluding hydrogens is 367 g/mol. The van der Waals surface area contributed by atoms with Crippen molar-refractivity contribution >= 4 is 16.9 Å². The van der Waals surface area contributed by atoms with Crippen LogP contribution >= 0.6 is 0 Å². The lowest BCUT2D eigenvalue weighted by Crippen LogP contribution is -2.34. The molecule has 0 saturated heterocycles. The number of amides is 1. The number of nitrogens with zero attached hydrogens (tertiary/aromatic N) is 1. The van der Waals surface area contributed by atoms with Crippen molar-refractivity contribution in [3.05, 3.63) is 70.7 Å². The Morgan fingerprint density at radius 3 is 2.38 bits per heavy atom. The van der Waals surface area contributed by atoms with Crippen LogP contribution in [0.15, 0.2) is 46.9 Å². The number of hydrogen-bond donors (Lipinski definition) is 1. The second-order valence-corrected chi connectivity index (χ2v) is 8.76. The average Bonchev–Trinajstić information content (AvgIpc) is 2.97. The smallest absolute Gasteiger partial charge is 0.287 e. The molecule has 1 aromatic heterocycles. The molecule has 154 valence electrons. The zero-order valence-corrected chi connectivity index (χ0v) is 18.0. The van der Waals surface area contributed by atoms with E-state index in [0.717, 1.165) is 5.56 Å². The second-order valence-electron chi connectivity index (χ2n) is 8.76. The molecule has 1 amide bonds. The molecule has 3 rings (SSSR count). The van der Waals surface area contributed by atoms with Gasteiger partial charge in [-0.3, -0.25) is 4.79 Å². The van der Waals surface area contributed by atoms with Gasteiger partial charge in [-0.05, 0) is 55.8 Å². The van der Waals surface area contributed by atoms with Crippen molar-refractivity contribution in [1.29, 1.82) is 0 Å². The topological polar surface area (TPSA) is 45.5 Å². The summed E-state index contributed by atoms with van der Waals surface area (Å²) in [4.78, 5) is 14.8. The molecule has 5 heteroatoms. The number of likely N-dealkylation sites (N-methyl/N-ethyl adjacent to an activating group) is 1. The minimum atomic E-state index is -0.347. The summed E-state index contributed by atoms with van der Waals surface area (Å²) in [5.41, 5.74) is 3.65. The van der Waals surface area contributed by atoms with Crippen LogP contribution in [0, 0.1) is 12.7 Å². The summed E-state index contributed by atoms with van der Waals surface area (Å²) < 4.78 is 19.2. The predicted molar refractivity (Wildman–Crippen MR) is 115 cm³/mol. The molecule has 0 radical (unpaired) electrons. The Labute approximate surface area is 171 Å². The summed E-state index contributed by atoms with van der Waals surface area (Å²) in [5, 5.41) is 3.59. The molecule has 1 heterocycles. The highest BCUT2D eigenvalue weighted by Crippen LogP contribution is 2.27. The fraction of sp³-hybridized carbons (Fsp3) is 0.375. The van der Waals surface area contributed by atoms with Gasteiger partial charge in [0.2, 0.25) is 0 Å². The Hall–Kier alpha value is -2.66. The number of nitrogens with one attached hydrogen (secondary N) is 1. The van der Waals surface area contributed by atoms with Crippen molar-refractivity contribution in [2.75, 3.05) is 20.6 Å². The highest BCUT2D eigenvalue weighted by molar-refractivity contribution is 5.98. The van der Waals surface area contributed by atoms with Gasteiger partial charge in [0.05, 0.1) is 6.04 Å². The maximum Gasteiger partial charge on any atom is 0.287 e. The summed E-state index contributed by atoms with van der Waals surface area (Å²) in [6.07, 6.45) is 0. The SMILES string of the molecule is Cc1c(C(=O)NC[C@@H](c2ccc(C(C)(C)C)cc2)N(C)C)oc2ccc(F)cc12. The third-order valence-electron chi connectivity index (χ3n) is 5.35. The first-order valence-electron chi connectivity index (χ1n) is 9.81. The van der Waals surface area contributed by atoms with Gasteiger partial charge in [-0.15, -0.1) is 0 Å². The van der Waals surface area contributed by atoms with Gasteiger partial charge in [-0.1, -0.05) is 45.0 Å². The molecule has 1 N–H and O–H groups in total. The Bertz CT molecular complexity index is 1010. The number of benzene rings is 2. The fourth-order valence-corrected chi connectivity index (χ4v) is 3.48. The average molecular weight is 397 g/mol. The molecule has 0 bridgehead atoms. The highest BCUT2D eigenvalue weighted by atomic mass is 19.1. The third-order valence-corrected chi connectivity index (χ3v) is 5.35. The molecular formula is C24H29FN2O2. The summed E-state index contributed by atoms with van der Waals surface area (Å²) >= 11 is 0. The Balaban J connectivity index is 1.77. The van der Waals surface area contributed by atoms with E-state index in [1.165, 1.54) is 17.7 Å². The lowest BCUT2D eigenvalue weighted by Gasteiger charge is -2.26. The van der Waals surface area contributed by atoms with E-state index >= 15 is 0 Å². The number of hydrogen-bond acceptors (Lipinski definition) is 3. The van der Waals surface area contributed by atoms with Crippen LogP contribution in [0.25, 0.3) is 11.0 Å². The zero-order valence-electron chi connectivity index (χ0n) is 18.0. The van der Waals surface area contributed by atoms with Gasteiger partial charge < -0.3 is 14.6 Å². The van der Waals surface area contributed by atoms with Crippen molar-refractivity contribution in [1.82, 2.24) is 10.2 Å². The van der Waals surface area contributed by atoms with E-state index in [4.69, 9.17) is 4.42 Å². The maximum atomic E-state index is 13.5. The van der Waals surface area contributed by atoms with E-state index < -0.39 is 0 Å². The summed E-state index contributed by atoms with van der Waals surface area (Å²) in [7, 11) is 3.98. The van der Waals surface area contributed by atoms with Gasteiger partial charge in [0, 0.05) is 17.5 Å². The maximum absolute atomic E-state index is 13.5. The normalized spacial score (nSPS) is 13.1. The minimum absolute atomic E-state index is 0.0232. The van der Waals surface area contributed by atoms with Crippen LogP contribution in [0.1, 0.15) is 54.1 Å². The molecule has 0 saturated carbocycles. The lowest BCUT2D eigenvalue weighted by molar-refractivity contribution is 0.0915. The fourth-order valence-electron chi connectivity index (χ4n) is 3.48. The van der Waals surface area contributed by atoms with Crippen LogP contribution in [0.4, 0.5) is 4.39 Å². The van der Waals surface area contributed by atoms with Crippen molar-refractivity contribution in [2.24, 2.45) is 0 Å². The standard InChI is InChI=1S/C24H29FN2O2/c1-15-19-13-18(25)11-12-21(19)29-22(15)23(28)26-14-20(27(5)6)16-7-9-17(10-8-16)24(2,3)4/h7-13,20H,14H2,1-6H3,(H,26,28)/t20-/m0/s1. The van der Waals surface area contributed by atoms with Gasteiger partial charge in [-0.25, -0.2) is 4.39 Å². The first kappa shape index (κ1) is 21.1. The Kier molecular flexibility index (Phi) is 5.80. The third kappa shape index (κ3) is 4.51. The molecule has 0 aliphatic rings. The quantitative estimate of drug-likeness (QED) is 0.644. The van der Waals surface area contributed by atoms with E-state index in [9.17, 15) is 9.18 Å². The van der Waals surface area contributed by atoms with Crippen LogP contribution in [0.3, 0.4) is 0 Å². The summed E-state index contributed by atoms with van der Waals surface area (Å²) in [6, 6.07) is 12.8. The monoisotopic (exact) mass is 396 g/mol. The molecule has 4 nitrogen and oxygen atoms in total. The predicted octanol–water partition coefficient (Wildman–Crippen LogP) is 5.21. The summed E-state index contributed by atoms with van der Waals surface area (Å²) in [5.74, 6) is -0.414. The molecule has 3 aromatic rings. The number of carbonyl (C=O) groups is 1. The van der Waals surface area contributed by atoms with Crippen molar-refractivity contribution in [3.63, 3.8) is 0 Å². The van der Waals surface area contributed by atoms with Gasteiger partial charge >= 0.3 is 0 Å². The summed E-state index contributed by atoms with van der Waals surface area (Å²) in [6.45, 7) is 8.77. The van der Waals surface area contributed by atoms with Gasteiger partial charge in [0.1, 0.15) is 11.4 Å². The van der Waals surface area contributed by atoms with Crippen molar-refractivity contribution in [2.45, 2.75) is 39.2 Å². The van der Waals surface area contributed by atoms with Crippen molar-refractivity contribution in [3.8, 4) is 0 Å². The molecule has 0 unspecified atom stereocenters. The lowest BCUT2D eigenvalue weighted by atomic mass is 9.86. The van der Waals surface area contributed by atoms with Crippen LogP contribution in [0.5, 0.6) is 0 Å². The van der Waals surface area contributed by atoms with E-state index in [0.29, 0.717) is 23.1 Å². The van der Waals surface area contributed by atoms with E-state index in [2.05, 4.69) is 55.3 Å². The van der Waals surface area contributed by atoms with E-state index in [1.807, 2.05) is 14.1 Å². The van der Waals surface area contributed by atoms with Crippen molar-refractivity contribution < 1.29 is 13.6 Å². The minimum Gasteiger partial charge on any atom is -0.451 e. The number of fused-ring (bicyclic) bond motifs is 1. The molecule has 2 aromatic carbocycles. The number of aryl methyl sites for hydroxylation is 1. The number of carbonyl (C=O) groups excluding carboxylic acids is 1. The first-order valence-corrected chi connectivity index (χ1v) is 9.81. The van der Waals surface area contributed by atoms with Gasteiger partial charge in [0.25, 0.3) is 5.91 Å². The van der Waals surface area contributed by atoms with Gasteiger partial charge in [-0.2, -0.15) is 0 Å². The Morgan fingerprint density at radius 2 is 1.79 bits per heavy atom. The second kappa shape index (κ2) is 7.99. The number of furan rings is 1. The number of rotatable bonds is 5. The molecule has 1 atom stereocenters. The van der Waals surface area contributed by atoms with Crippen LogP contribution in [0.2, 0.25) is 0 Å². The molecule has 0 aliphatic heterocycles. The first-order chi connectivity index (χ1) is 13.6. The van der Waals surface area contributed by atoms with E-state index in [1.54, 1.807) is 13.0 Å². The largest absolute Gasteiger partial charge is 0.451 e.